The van der Waals surface area contributed by atoms with E-state index in [2.05, 4.69) is 20.5 Å². The summed E-state index contributed by atoms with van der Waals surface area (Å²) in [6, 6.07) is 5.73. The first-order valence-electron chi connectivity index (χ1n) is 7.82. The van der Waals surface area contributed by atoms with Crippen LogP contribution in [0.25, 0.3) is 5.65 Å². The minimum Gasteiger partial charge on any atom is -0.338 e. The number of thiazole rings is 1. The number of aryl methyl sites for hydroxylation is 2. The van der Waals surface area contributed by atoms with Gasteiger partial charge in [-0.2, -0.15) is 0 Å². The van der Waals surface area contributed by atoms with Crippen LogP contribution in [0.15, 0.2) is 29.8 Å². The molecule has 0 aromatic carbocycles. The van der Waals surface area contributed by atoms with Gasteiger partial charge < -0.3 is 10.2 Å². The third kappa shape index (κ3) is 3.88. The van der Waals surface area contributed by atoms with Gasteiger partial charge in [0.25, 0.3) is 0 Å². The van der Waals surface area contributed by atoms with Gasteiger partial charge in [-0.15, -0.1) is 21.5 Å². The van der Waals surface area contributed by atoms with E-state index in [1.54, 1.807) is 23.3 Å². The maximum absolute atomic E-state index is 12.1. The van der Waals surface area contributed by atoms with Crippen molar-refractivity contribution >= 4 is 23.0 Å². The van der Waals surface area contributed by atoms with Crippen LogP contribution >= 0.6 is 11.3 Å². The van der Waals surface area contributed by atoms with E-state index in [-0.39, 0.29) is 6.03 Å². The Morgan fingerprint density at radius 2 is 2.25 bits per heavy atom. The lowest BCUT2D eigenvalue weighted by molar-refractivity contribution is 0.206. The molecule has 0 aliphatic carbocycles. The average Bonchev–Trinajstić information content (AvgIpc) is 3.17. The topological polar surface area (TPSA) is 75.4 Å². The van der Waals surface area contributed by atoms with Crippen molar-refractivity contribution in [2.24, 2.45) is 0 Å². The summed E-state index contributed by atoms with van der Waals surface area (Å²) in [7, 11) is 1.77. The molecule has 8 heteroatoms. The van der Waals surface area contributed by atoms with Gasteiger partial charge in [-0.1, -0.05) is 6.07 Å². The number of nitrogens with zero attached hydrogens (tertiary/aromatic N) is 5. The molecule has 0 atom stereocenters. The normalized spacial score (nSPS) is 10.9. The second-order valence-corrected chi connectivity index (χ2v) is 6.66. The largest absolute Gasteiger partial charge is 0.338 e. The second kappa shape index (κ2) is 7.39. The van der Waals surface area contributed by atoms with Gasteiger partial charge in [-0.05, 0) is 25.5 Å². The molecule has 3 rings (SSSR count). The van der Waals surface area contributed by atoms with E-state index in [0.29, 0.717) is 13.1 Å². The second-order valence-electron chi connectivity index (χ2n) is 5.59. The van der Waals surface area contributed by atoms with Gasteiger partial charge >= 0.3 is 6.03 Å². The van der Waals surface area contributed by atoms with Crippen molar-refractivity contribution in [2.75, 3.05) is 13.6 Å². The van der Waals surface area contributed by atoms with Crippen LogP contribution in [0.2, 0.25) is 0 Å². The van der Waals surface area contributed by atoms with Crippen LogP contribution in [0.1, 0.15) is 22.9 Å². The molecular formula is C16H20N6OS. The molecule has 0 aliphatic rings. The highest BCUT2D eigenvalue weighted by Crippen LogP contribution is 2.09. The smallest absolute Gasteiger partial charge is 0.317 e. The molecular weight excluding hydrogens is 324 g/mol. The van der Waals surface area contributed by atoms with Gasteiger partial charge in [0.15, 0.2) is 5.65 Å². The quantitative estimate of drug-likeness (QED) is 0.696. The molecule has 0 bridgehead atoms. The third-order valence-electron chi connectivity index (χ3n) is 3.65. The molecule has 3 aromatic heterocycles. The third-order valence-corrected chi connectivity index (χ3v) is 4.47. The molecule has 126 valence electrons. The van der Waals surface area contributed by atoms with E-state index in [9.17, 15) is 4.79 Å². The highest BCUT2D eigenvalue weighted by atomic mass is 32.1. The van der Waals surface area contributed by atoms with Gasteiger partial charge in [-0.25, -0.2) is 9.78 Å². The highest BCUT2D eigenvalue weighted by molar-refractivity contribution is 7.09. The summed E-state index contributed by atoms with van der Waals surface area (Å²) < 4.78 is 1.97. The number of rotatable bonds is 6. The number of fused-ring (bicyclic) bond motifs is 1. The number of pyridine rings is 1. The van der Waals surface area contributed by atoms with Gasteiger partial charge in [0.05, 0.1) is 17.2 Å². The average molecular weight is 344 g/mol. The summed E-state index contributed by atoms with van der Waals surface area (Å²) in [4.78, 5) is 18.1. The molecule has 0 saturated heterocycles. The molecule has 0 fully saturated rings. The Bertz CT molecular complexity index is 827. The summed E-state index contributed by atoms with van der Waals surface area (Å²) in [6.07, 6.45) is 3.53. The van der Waals surface area contributed by atoms with E-state index in [0.717, 1.165) is 35.0 Å². The first kappa shape index (κ1) is 16.4. The number of carbonyl (C=O) groups is 1. The molecule has 0 unspecified atom stereocenters. The van der Waals surface area contributed by atoms with Crippen LogP contribution in [0, 0.1) is 6.92 Å². The van der Waals surface area contributed by atoms with Crippen molar-refractivity contribution in [2.45, 2.75) is 26.3 Å². The molecule has 24 heavy (non-hydrogen) atoms. The lowest BCUT2D eigenvalue weighted by atomic mass is 10.3. The molecule has 1 N–H and O–H groups in total. The van der Waals surface area contributed by atoms with Crippen LogP contribution in [0.5, 0.6) is 0 Å². The summed E-state index contributed by atoms with van der Waals surface area (Å²) in [5.74, 6) is 0.908. The van der Waals surface area contributed by atoms with Crippen LogP contribution in [-0.4, -0.2) is 44.1 Å². The first-order chi connectivity index (χ1) is 11.6. The first-order valence-corrected chi connectivity index (χ1v) is 8.70. The number of urea groups is 1. The molecule has 0 aliphatic heterocycles. The van der Waals surface area contributed by atoms with Crippen LogP contribution in [-0.2, 0) is 13.0 Å². The molecule has 3 heterocycles. The Hall–Kier alpha value is -2.48. The van der Waals surface area contributed by atoms with Gasteiger partial charge in [0, 0.05) is 31.6 Å². The van der Waals surface area contributed by atoms with E-state index in [4.69, 9.17) is 0 Å². The van der Waals surface area contributed by atoms with E-state index >= 15 is 0 Å². The number of amides is 2. The van der Waals surface area contributed by atoms with Gasteiger partial charge in [0.2, 0.25) is 0 Å². The molecule has 0 radical (unpaired) electrons. The Balaban J connectivity index is 1.43. The zero-order valence-corrected chi connectivity index (χ0v) is 14.6. The van der Waals surface area contributed by atoms with Crippen molar-refractivity contribution in [1.82, 2.24) is 29.8 Å². The Labute approximate surface area is 144 Å². The fourth-order valence-electron chi connectivity index (χ4n) is 2.43. The standard InChI is InChI=1S/C16H20N6OS/c1-12-18-13(11-24-12)10-21(2)16(23)17-8-5-7-15-20-19-14-6-3-4-9-22(14)15/h3-4,6,9,11H,5,7-8,10H2,1-2H3,(H,17,23). The summed E-state index contributed by atoms with van der Waals surface area (Å²) in [5, 5.41) is 14.2. The van der Waals surface area contributed by atoms with Crippen molar-refractivity contribution in [3.63, 3.8) is 0 Å². The van der Waals surface area contributed by atoms with Gasteiger partial charge in [-0.3, -0.25) is 4.40 Å². The number of hydrogen-bond acceptors (Lipinski definition) is 5. The van der Waals surface area contributed by atoms with Crippen molar-refractivity contribution < 1.29 is 4.79 Å². The minimum atomic E-state index is -0.0910. The number of hydrogen-bond donors (Lipinski definition) is 1. The van der Waals surface area contributed by atoms with E-state index < -0.39 is 0 Å². The lowest BCUT2D eigenvalue weighted by Crippen LogP contribution is -2.37. The van der Waals surface area contributed by atoms with Crippen molar-refractivity contribution in [3.8, 4) is 0 Å². The Morgan fingerprint density at radius 3 is 3.04 bits per heavy atom. The summed E-state index contributed by atoms with van der Waals surface area (Å²) in [6.45, 7) is 3.08. The summed E-state index contributed by atoms with van der Waals surface area (Å²) >= 11 is 1.59. The number of nitrogens with one attached hydrogen (secondary N) is 1. The fraction of sp³-hybridized carbons (Fsp3) is 0.375. The SMILES string of the molecule is Cc1nc(CN(C)C(=O)NCCCc2nnc3ccccn23)cs1. The highest BCUT2D eigenvalue weighted by Gasteiger charge is 2.10. The molecule has 0 spiro atoms. The lowest BCUT2D eigenvalue weighted by Gasteiger charge is -2.16. The molecule has 7 nitrogen and oxygen atoms in total. The van der Waals surface area contributed by atoms with Crippen LogP contribution < -0.4 is 5.32 Å². The molecule has 3 aromatic rings. The van der Waals surface area contributed by atoms with Crippen molar-refractivity contribution in [3.05, 3.63) is 46.3 Å². The molecule has 0 saturated carbocycles. The maximum Gasteiger partial charge on any atom is 0.317 e. The fourth-order valence-corrected chi connectivity index (χ4v) is 3.04. The van der Waals surface area contributed by atoms with E-state index in [1.807, 2.05) is 41.1 Å². The zero-order valence-electron chi connectivity index (χ0n) is 13.8. The van der Waals surface area contributed by atoms with Crippen LogP contribution in [0.4, 0.5) is 4.79 Å². The van der Waals surface area contributed by atoms with E-state index in [1.165, 1.54) is 0 Å². The van der Waals surface area contributed by atoms with Crippen LogP contribution in [0.3, 0.4) is 0 Å². The predicted molar refractivity (Wildman–Crippen MR) is 93.0 cm³/mol. The zero-order chi connectivity index (χ0) is 16.9. The summed E-state index contributed by atoms with van der Waals surface area (Å²) in [5.41, 5.74) is 1.76. The minimum absolute atomic E-state index is 0.0910. The predicted octanol–water partition coefficient (Wildman–Crippen LogP) is 2.27. The monoisotopic (exact) mass is 344 g/mol. The Morgan fingerprint density at radius 1 is 1.38 bits per heavy atom. The molecule has 2 amide bonds. The van der Waals surface area contributed by atoms with Crippen molar-refractivity contribution in [1.29, 1.82) is 0 Å². The number of aromatic nitrogens is 4. The maximum atomic E-state index is 12.1. The van der Waals surface area contributed by atoms with Gasteiger partial charge in [0.1, 0.15) is 5.82 Å². The number of carbonyl (C=O) groups excluding carboxylic acids is 1. The Kier molecular flexibility index (Phi) is 5.05.